The van der Waals surface area contributed by atoms with Gasteiger partial charge in [-0.05, 0) is 17.7 Å². The summed E-state index contributed by atoms with van der Waals surface area (Å²) in [5.74, 6) is 0.883. The van der Waals surface area contributed by atoms with E-state index in [0.717, 1.165) is 5.56 Å². The monoisotopic (exact) mass is 368 g/mol. The molecule has 0 aliphatic rings. The number of anilines is 1. The Morgan fingerprint density at radius 2 is 1.71 bits per heavy atom. The molecule has 0 aliphatic heterocycles. The molecule has 0 atom stereocenters. The van der Waals surface area contributed by atoms with Gasteiger partial charge in [-0.1, -0.05) is 35.3 Å². The number of hydrogen-bond donors (Lipinski definition) is 2. The maximum Gasteiger partial charge on any atom is 0.239 e. The normalized spacial score (nSPS) is 10.2. The highest BCUT2D eigenvalue weighted by Gasteiger charge is 2.11. The number of benzene rings is 2. The van der Waals surface area contributed by atoms with E-state index < -0.39 is 0 Å². The van der Waals surface area contributed by atoms with Gasteiger partial charge >= 0.3 is 0 Å². The van der Waals surface area contributed by atoms with Gasteiger partial charge in [-0.25, -0.2) is 0 Å². The molecular weight excluding hydrogens is 351 g/mol. The molecule has 0 unspecified atom stereocenters. The molecule has 2 aromatic carbocycles. The summed E-state index contributed by atoms with van der Waals surface area (Å²) in [6.45, 7) is 0.521. The lowest BCUT2D eigenvalue weighted by Gasteiger charge is -2.14. The molecule has 0 fully saturated rings. The first-order valence-electron chi connectivity index (χ1n) is 7.20. The minimum atomic E-state index is -0.152. The summed E-state index contributed by atoms with van der Waals surface area (Å²) < 4.78 is 10.4. The van der Waals surface area contributed by atoms with Crippen LogP contribution in [0.1, 0.15) is 5.56 Å². The van der Waals surface area contributed by atoms with Gasteiger partial charge in [0.1, 0.15) is 11.5 Å². The molecule has 2 rings (SSSR count). The average Bonchev–Trinajstić information content (AvgIpc) is 2.59. The minimum absolute atomic E-state index is 0.0920. The van der Waals surface area contributed by atoms with Gasteiger partial charge in [0.25, 0.3) is 0 Å². The quantitative estimate of drug-likeness (QED) is 0.781. The topological polar surface area (TPSA) is 59.6 Å². The molecule has 0 bridgehead atoms. The van der Waals surface area contributed by atoms with Crippen LogP contribution in [0.25, 0.3) is 0 Å². The highest BCUT2D eigenvalue weighted by Crippen LogP contribution is 2.35. The molecule has 0 heterocycles. The fraction of sp³-hybridized carbons (Fsp3) is 0.235. The molecule has 128 valence electrons. The first-order chi connectivity index (χ1) is 11.5. The molecule has 0 spiro atoms. The number of amides is 1. The van der Waals surface area contributed by atoms with E-state index >= 15 is 0 Å². The third-order valence-corrected chi connectivity index (χ3v) is 3.86. The van der Waals surface area contributed by atoms with Gasteiger partial charge in [-0.15, -0.1) is 0 Å². The summed E-state index contributed by atoms with van der Waals surface area (Å²) in [5.41, 5.74) is 1.60. The second-order valence-electron chi connectivity index (χ2n) is 4.94. The van der Waals surface area contributed by atoms with Crippen molar-refractivity contribution in [1.82, 2.24) is 5.32 Å². The lowest BCUT2D eigenvalue weighted by molar-refractivity contribution is -0.119. The zero-order valence-corrected chi connectivity index (χ0v) is 14.9. The molecule has 0 aliphatic carbocycles. The van der Waals surface area contributed by atoms with Crippen LogP contribution in [0.15, 0.2) is 36.4 Å². The Morgan fingerprint density at radius 3 is 2.33 bits per heavy atom. The molecule has 0 aromatic heterocycles. The third kappa shape index (κ3) is 4.94. The molecular formula is C17H18Cl2N2O3. The van der Waals surface area contributed by atoms with Gasteiger partial charge in [-0.3, -0.25) is 4.79 Å². The lowest BCUT2D eigenvalue weighted by atomic mass is 10.2. The third-order valence-electron chi connectivity index (χ3n) is 3.32. The van der Waals surface area contributed by atoms with E-state index in [9.17, 15) is 4.79 Å². The SMILES string of the molecule is COc1cc(NCC(=O)NCc2ccc(Cl)cc2)c(OC)cc1Cl. The van der Waals surface area contributed by atoms with Crippen molar-refractivity contribution in [1.29, 1.82) is 0 Å². The molecule has 5 nitrogen and oxygen atoms in total. The number of nitrogens with one attached hydrogen (secondary N) is 2. The van der Waals surface area contributed by atoms with Gasteiger partial charge in [0.05, 0.1) is 31.5 Å². The van der Waals surface area contributed by atoms with Crippen LogP contribution in [-0.4, -0.2) is 26.7 Å². The molecule has 1 amide bonds. The van der Waals surface area contributed by atoms with E-state index in [1.165, 1.54) is 14.2 Å². The minimum Gasteiger partial charge on any atom is -0.495 e. The number of hydrogen-bond acceptors (Lipinski definition) is 4. The van der Waals surface area contributed by atoms with Gasteiger partial charge in [-0.2, -0.15) is 0 Å². The maximum absolute atomic E-state index is 12.0. The van der Waals surface area contributed by atoms with Crippen molar-refractivity contribution in [2.75, 3.05) is 26.1 Å². The van der Waals surface area contributed by atoms with E-state index in [1.54, 1.807) is 24.3 Å². The van der Waals surface area contributed by atoms with Crippen molar-refractivity contribution in [3.8, 4) is 11.5 Å². The fourth-order valence-electron chi connectivity index (χ4n) is 2.04. The summed E-state index contributed by atoms with van der Waals surface area (Å²) in [5, 5.41) is 6.94. The molecule has 7 heteroatoms. The fourth-order valence-corrected chi connectivity index (χ4v) is 2.40. The Kier molecular flexibility index (Phi) is 6.58. The van der Waals surface area contributed by atoms with E-state index in [-0.39, 0.29) is 12.5 Å². The summed E-state index contributed by atoms with van der Waals surface area (Å²) in [6, 6.07) is 10.6. The van der Waals surface area contributed by atoms with Crippen LogP contribution in [-0.2, 0) is 11.3 Å². The Balaban J connectivity index is 1.92. The predicted molar refractivity (Wildman–Crippen MR) is 96.3 cm³/mol. The Labute approximate surface area is 150 Å². The number of ether oxygens (including phenoxy) is 2. The van der Waals surface area contributed by atoms with Crippen LogP contribution in [0.3, 0.4) is 0 Å². The predicted octanol–water partition coefficient (Wildman–Crippen LogP) is 3.74. The van der Waals surface area contributed by atoms with Crippen molar-refractivity contribution < 1.29 is 14.3 Å². The number of carbonyl (C=O) groups is 1. The number of carbonyl (C=O) groups excluding carboxylic acids is 1. The van der Waals surface area contributed by atoms with E-state index in [4.69, 9.17) is 32.7 Å². The van der Waals surface area contributed by atoms with Gasteiger partial charge < -0.3 is 20.1 Å². The summed E-state index contributed by atoms with van der Waals surface area (Å²) in [6.07, 6.45) is 0. The Bertz CT molecular complexity index is 706. The van der Waals surface area contributed by atoms with Gasteiger partial charge in [0, 0.05) is 23.7 Å². The highest BCUT2D eigenvalue weighted by molar-refractivity contribution is 6.32. The largest absolute Gasteiger partial charge is 0.495 e. The van der Waals surface area contributed by atoms with E-state index in [2.05, 4.69) is 10.6 Å². The van der Waals surface area contributed by atoms with E-state index in [0.29, 0.717) is 33.8 Å². The Hall–Kier alpha value is -2.11. The molecule has 0 saturated heterocycles. The van der Waals surface area contributed by atoms with Crippen LogP contribution >= 0.6 is 23.2 Å². The van der Waals surface area contributed by atoms with Crippen molar-refractivity contribution in [3.63, 3.8) is 0 Å². The average molecular weight is 369 g/mol. The van der Waals surface area contributed by atoms with Crippen molar-refractivity contribution in [3.05, 3.63) is 52.0 Å². The molecule has 0 saturated carbocycles. The second kappa shape index (κ2) is 8.66. The summed E-state index contributed by atoms with van der Waals surface area (Å²) in [4.78, 5) is 12.0. The zero-order valence-electron chi connectivity index (χ0n) is 13.4. The smallest absolute Gasteiger partial charge is 0.239 e. The van der Waals surface area contributed by atoms with Crippen LogP contribution in [0.2, 0.25) is 10.0 Å². The van der Waals surface area contributed by atoms with Crippen LogP contribution in [0.5, 0.6) is 11.5 Å². The number of rotatable bonds is 7. The summed E-state index contributed by atoms with van der Waals surface area (Å²) in [7, 11) is 3.06. The van der Waals surface area contributed by atoms with Crippen molar-refractivity contribution >= 4 is 34.8 Å². The highest BCUT2D eigenvalue weighted by atomic mass is 35.5. The van der Waals surface area contributed by atoms with Gasteiger partial charge in [0.2, 0.25) is 5.91 Å². The lowest BCUT2D eigenvalue weighted by Crippen LogP contribution is -2.29. The zero-order chi connectivity index (χ0) is 17.5. The second-order valence-corrected chi connectivity index (χ2v) is 5.79. The molecule has 2 aromatic rings. The molecule has 2 N–H and O–H groups in total. The number of methoxy groups -OCH3 is 2. The molecule has 0 radical (unpaired) electrons. The maximum atomic E-state index is 12.0. The first kappa shape index (κ1) is 18.2. The van der Waals surface area contributed by atoms with Crippen LogP contribution < -0.4 is 20.1 Å². The molecule has 24 heavy (non-hydrogen) atoms. The first-order valence-corrected chi connectivity index (χ1v) is 7.95. The standard InChI is InChI=1S/C17H18Cl2N2O3/c1-23-15-8-14(16(24-2)7-13(15)19)20-10-17(22)21-9-11-3-5-12(18)6-4-11/h3-8,20H,9-10H2,1-2H3,(H,21,22). The number of halogens is 2. The van der Waals surface area contributed by atoms with E-state index in [1.807, 2.05) is 12.1 Å². The van der Waals surface area contributed by atoms with Crippen molar-refractivity contribution in [2.24, 2.45) is 0 Å². The van der Waals surface area contributed by atoms with Crippen LogP contribution in [0.4, 0.5) is 5.69 Å². The van der Waals surface area contributed by atoms with Gasteiger partial charge in [0.15, 0.2) is 0 Å². The van der Waals surface area contributed by atoms with Crippen molar-refractivity contribution in [2.45, 2.75) is 6.54 Å². The Morgan fingerprint density at radius 1 is 1.04 bits per heavy atom. The van der Waals surface area contributed by atoms with Crippen LogP contribution in [0, 0.1) is 0 Å². The summed E-state index contributed by atoms with van der Waals surface area (Å²) >= 11 is 11.9.